The Morgan fingerprint density at radius 2 is 1.50 bits per heavy atom. The van der Waals surface area contributed by atoms with Crippen molar-refractivity contribution in [1.82, 2.24) is 24.0 Å². The van der Waals surface area contributed by atoms with Crippen molar-refractivity contribution in [3.05, 3.63) is 91.6 Å². The van der Waals surface area contributed by atoms with Crippen LogP contribution in [0.5, 0.6) is 0 Å². The van der Waals surface area contributed by atoms with E-state index in [4.69, 9.17) is 4.98 Å². The van der Waals surface area contributed by atoms with E-state index < -0.39 is 11.2 Å². The Labute approximate surface area is 198 Å². The molecule has 5 rings (SSSR count). The van der Waals surface area contributed by atoms with E-state index in [0.717, 1.165) is 49.8 Å². The molecule has 0 aliphatic carbocycles. The number of imidazole rings is 1. The van der Waals surface area contributed by atoms with Gasteiger partial charge in [0.05, 0.1) is 6.54 Å². The van der Waals surface area contributed by atoms with Crippen molar-refractivity contribution in [3.8, 4) is 0 Å². The fourth-order valence-electron chi connectivity index (χ4n) is 4.78. The summed E-state index contributed by atoms with van der Waals surface area (Å²) < 4.78 is 3.37. The molecule has 0 atom stereocenters. The predicted octanol–water partition coefficient (Wildman–Crippen LogP) is 2.41. The van der Waals surface area contributed by atoms with E-state index in [1.165, 1.54) is 15.7 Å². The molecule has 8 nitrogen and oxygen atoms in total. The largest absolute Gasteiger partial charge is 0.340 e. The first-order valence-corrected chi connectivity index (χ1v) is 11.7. The van der Waals surface area contributed by atoms with Gasteiger partial charge in [0.25, 0.3) is 5.56 Å². The Bertz CT molecular complexity index is 1460. The molecule has 176 valence electrons. The number of anilines is 1. The number of fused-ring (bicyclic) bond motifs is 1. The van der Waals surface area contributed by atoms with Crippen molar-refractivity contribution in [1.29, 1.82) is 0 Å². The molecule has 0 saturated carbocycles. The number of benzene rings is 2. The average molecular weight is 459 g/mol. The quantitative estimate of drug-likeness (QED) is 0.497. The van der Waals surface area contributed by atoms with Gasteiger partial charge in [-0.2, -0.15) is 4.98 Å². The van der Waals surface area contributed by atoms with Crippen LogP contribution in [0.4, 0.5) is 5.95 Å². The lowest BCUT2D eigenvalue weighted by Gasteiger charge is -2.35. The maximum Gasteiger partial charge on any atom is 0.329 e. The second-order valence-corrected chi connectivity index (χ2v) is 9.23. The lowest BCUT2D eigenvalue weighted by molar-refractivity contribution is 0.248. The number of hydrogen-bond acceptors (Lipinski definition) is 5. The van der Waals surface area contributed by atoms with Gasteiger partial charge in [-0.05, 0) is 25.0 Å². The Morgan fingerprint density at radius 1 is 0.882 bits per heavy atom. The van der Waals surface area contributed by atoms with Crippen LogP contribution in [0.25, 0.3) is 11.2 Å². The minimum Gasteiger partial charge on any atom is -0.340 e. The van der Waals surface area contributed by atoms with Crippen molar-refractivity contribution in [2.24, 2.45) is 7.05 Å². The van der Waals surface area contributed by atoms with E-state index in [1.54, 1.807) is 7.05 Å². The van der Waals surface area contributed by atoms with Crippen LogP contribution in [0.1, 0.15) is 22.3 Å². The minimum absolute atomic E-state index is 0.400. The van der Waals surface area contributed by atoms with Crippen LogP contribution in [-0.2, 0) is 20.1 Å². The van der Waals surface area contributed by atoms with E-state index >= 15 is 0 Å². The number of piperazine rings is 1. The standard InChI is InChI=1S/C26H30N6O2/c1-18-6-4-8-20(14-18)16-30-10-12-31(13-11-30)25-27-23-22(24(33)28-26(34)29(23)3)32(25)17-21-9-5-7-19(2)15-21/h4-9,14-15H,10-13,16-17H2,1-3H3,(H,28,33,34). The number of nitrogens with one attached hydrogen (secondary N) is 1. The summed E-state index contributed by atoms with van der Waals surface area (Å²) in [6, 6.07) is 16.9. The van der Waals surface area contributed by atoms with E-state index in [2.05, 4.69) is 71.1 Å². The van der Waals surface area contributed by atoms with Crippen molar-refractivity contribution in [2.75, 3.05) is 31.1 Å². The third-order valence-corrected chi connectivity index (χ3v) is 6.55. The van der Waals surface area contributed by atoms with Crippen LogP contribution in [-0.4, -0.2) is 50.2 Å². The van der Waals surface area contributed by atoms with E-state index in [9.17, 15) is 9.59 Å². The number of nitrogens with zero attached hydrogens (tertiary/aromatic N) is 5. The van der Waals surface area contributed by atoms with Crippen LogP contribution in [0.3, 0.4) is 0 Å². The smallest absolute Gasteiger partial charge is 0.329 e. The van der Waals surface area contributed by atoms with Gasteiger partial charge in [0.2, 0.25) is 5.95 Å². The molecule has 3 heterocycles. The lowest BCUT2D eigenvalue weighted by atomic mass is 10.1. The van der Waals surface area contributed by atoms with E-state index in [1.807, 2.05) is 10.6 Å². The molecule has 0 radical (unpaired) electrons. The van der Waals surface area contributed by atoms with Crippen molar-refractivity contribution in [3.63, 3.8) is 0 Å². The molecular weight excluding hydrogens is 428 g/mol. The maximum absolute atomic E-state index is 12.9. The molecule has 0 amide bonds. The first-order chi connectivity index (χ1) is 16.4. The molecule has 0 bridgehead atoms. The topological polar surface area (TPSA) is 79.2 Å². The highest BCUT2D eigenvalue weighted by Gasteiger charge is 2.25. The van der Waals surface area contributed by atoms with Crippen LogP contribution in [0.15, 0.2) is 58.1 Å². The number of aromatic amines is 1. The second kappa shape index (κ2) is 8.95. The fraction of sp³-hybridized carbons (Fsp3) is 0.346. The summed E-state index contributed by atoms with van der Waals surface area (Å²) in [6.07, 6.45) is 0. The Balaban J connectivity index is 1.47. The van der Waals surface area contributed by atoms with Gasteiger partial charge in [0.15, 0.2) is 11.2 Å². The zero-order valence-electron chi connectivity index (χ0n) is 19.9. The van der Waals surface area contributed by atoms with E-state index in [0.29, 0.717) is 17.7 Å². The first-order valence-electron chi connectivity index (χ1n) is 11.7. The highest BCUT2D eigenvalue weighted by atomic mass is 16.2. The number of aryl methyl sites for hydroxylation is 3. The summed E-state index contributed by atoms with van der Waals surface area (Å²) >= 11 is 0. The number of hydrogen-bond donors (Lipinski definition) is 1. The van der Waals surface area contributed by atoms with Gasteiger partial charge >= 0.3 is 5.69 Å². The summed E-state index contributed by atoms with van der Waals surface area (Å²) in [6.45, 7) is 9.01. The normalized spacial score (nSPS) is 14.7. The molecule has 34 heavy (non-hydrogen) atoms. The predicted molar refractivity (Wildman–Crippen MR) is 135 cm³/mol. The summed E-state index contributed by atoms with van der Waals surface area (Å²) in [5.74, 6) is 0.735. The first kappa shape index (κ1) is 22.2. The molecule has 0 unspecified atom stereocenters. The number of H-pyrrole nitrogens is 1. The molecule has 8 heteroatoms. The summed E-state index contributed by atoms with van der Waals surface area (Å²) in [5, 5.41) is 0. The number of aromatic nitrogens is 4. The van der Waals surface area contributed by atoms with Crippen LogP contribution >= 0.6 is 0 Å². The molecule has 1 aliphatic rings. The Morgan fingerprint density at radius 3 is 2.12 bits per heavy atom. The number of rotatable bonds is 5. The second-order valence-electron chi connectivity index (χ2n) is 9.23. The van der Waals surface area contributed by atoms with Crippen molar-refractivity contribution in [2.45, 2.75) is 26.9 Å². The minimum atomic E-state index is -0.452. The monoisotopic (exact) mass is 458 g/mol. The SMILES string of the molecule is Cc1cccc(CN2CCN(c3nc4c(c(=O)[nH]c(=O)n4C)n3Cc3cccc(C)c3)CC2)c1. The van der Waals surface area contributed by atoms with Gasteiger partial charge in [0, 0.05) is 39.8 Å². The molecule has 1 fully saturated rings. The molecule has 4 aromatic rings. The molecule has 0 spiro atoms. The molecular formula is C26H30N6O2. The fourth-order valence-corrected chi connectivity index (χ4v) is 4.78. The van der Waals surface area contributed by atoms with Gasteiger partial charge in [-0.15, -0.1) is 0 Å². The Hall–Kier alpha value is -3.65. The van der Waals surface area contributed by atoms with Gasteiger partial charge in [-0.1, -0.05) is 59.7 Å². The summed E-state index contributed by atoms with van der Waals surface area (Å²) in [5.41, 5.74) is 4.84. The summed E-state index contributed by atoms with van der Waals surface area (Å²) in [4.78, 5) is 37.0. The average Bonchev–Trinajstić information content (AvgIpc) is 3.18. The molecule has 1 saturated heterocycles. The van der Waals surface area contributed by atoms with Gasteiger partial charge in [-0.3, -0.25) is 23.8 Å². The highest BCUT2D eigenvalue weighted by Crippen LogP contribution is 2.23. The molecule has 2 aromatic carbocycles. The van der Waals surface area contributed by atoms with Crippen LogP contribution < -0.4 is 16.1 Å². The van der Waals surface area contributed by atoms with Crippen LogP contribution in [0, 0.1) is 13.8 Å². The third kappa shape index (κ3) is 4.28. The Kier molecular flexibility index (Phi) is 5.83. The summed E-state index contributed by atoms with van der Waals surface area (Å²) in [7, 11) is 1.65. The zero-order chi connectivity index (χ0) is 23.8. The van der Waals surface area contributed by atoms with E-state index in [-0.39, 0.29) is 0 Å². The van der Waals surface area contributed by atoms with Gasteiger partial charge < -0.3 is 4.90 Å². The lowest BCUT2D eigenvalue weighted by Crippen LogP contribution is -2.47. The van der Waals surface area contributed by atoms with Crippen molar-refractivity contribution >= 4 is 17.1 Å². The molecule has 1 N–H and O–H groups in total. The van der Waals surface area contributed by atoms with Crippen molar-refractivity contribution < 1.29 is 0 Å². The van der Waals surface area contributed by atoms with Gasteiger partial charge in [-0.25, -0.2) is 4.79 Å². The molecule has 1 aliphatic heterocycles. The zero-order valence-corrected chi connectivity index (χ0v) is 19.9. The third-order valence-electron chi connectivity index (χ3n) is 6.55. The van der Waals surface area contributed by atoms with Gasteiger partial charge in [0.1, 0.15) is 0 Å². The van der Waals surface area contributed by atoms with Crippen LogP contribution in [0.2, 0.25) is 0 Å². The highest BCUT2D eigenvalue weighted by molar-refractivity contribution is 5.74. The maximum atomic E-state index is 12.9. The molecule has 2 aromatic heterocycles.